The smallest absolute Gasteiger partial charge is 0.234 e. The SMILES string of the molecule is CCCNC(=O)CN1CCN(C(=O)C2CC3CC3C2)CC1. The molecule has 0 aromatic heterocycles. The van der Waals surface area contributed by atoms with E-state index in [1.54, 1.807) is 0 Å². The molecule has 5 heteroatoms. The zero-order chi connectivity index (χ0) is 14.8. The standard InChI is InChI=1S/C16H27N3O2/c1-2-3-17-15(20)11-18-4-6-19(7-5-18)16(21)14-9-12-8-13(12)10-14/h12-14H,2-11H2,1H3,(H,17,20). The van der Waals surface area contributed by atoms with Crippen LogP contribution in [-0.2, 0) is 9.59 Å². The number of carbonyl (C=O) groups is 2. The van der Waals surface area contributed by atoms with E-state index in [9.17, 15) is 9.59 Å². The summed E-state index contributed by atoms with van der Waals surface area (Å²) in [5.74, 6) is 2.50. The minimum absolute atomic E-state index is 0.104. The van der Waals surface area contributed by atoms with Gasteiger partial charge < -0.3 is 10.2 Å². The molecule has 1 heterocycles. The van der Waals surface area contributed by atoms with Crippen molar-refractivity contribution in [1.29, 1.82) is 0 Å². The Bertz CT molecular complexity index is 394. The Morgan fingerprint density at radius 3 is 2.33 bits per heavy atom. The number of rotatable bonds is 5. The molecule has 0 aromatic rings. The number of nitrogens with zero attached hydrogens (tertiary/aromatic N) is 2. The van der Waals surface area contributed by atoms with E-state index in [0.717, 1.165) is 63.8 Å². The van der Waals surface area contributed by atoms with Crippen molar-refractivity contribution in [2.24, 2.45) is 17.8 Å². The molecule has 1 N–H and O–H groups in total. The van der Waals surface area contributed by atoms with E-state index in [-0.39, 0.29) is 5.91 Å². The van der Waals surface area contributed by atoms with Crippen molar-refractivity contribution in [2.75, 3.05) is 39.3 Å². The molecule has 2 aliphatic carbocycles. The number of nitrogens with one attached hydrogen (secondary N) is 1. The predicted octanol–water partition coefficient (Wildman–Crippen LogP) is 0.703. The van der Waals surface area contributed by atoms with E-state index < -0.39 is 0 Å². The summed E-state index contributed by atoms with van der Waals surface area (Å²) >= 11 is 0. The maximum absolute atomic E-state index is 12.5. The molecule has 118 valence electrons. The van der Waals surface area contributed by atoms with Crippen molar-refractivity contribution in [3.05, 3.63) is 0 Å². The van der Waals surface area contributed by atoms with Crippen LogP contribution in [0.25, 0.3) is 0 Å². The average Bonchev–Trinajstić information content (AvgIpc) is 3.11. The van der Waals surface area contributed by atoms with Crippen LogP contribution in [0.4, 0.5) is 0 Å². The highest BCUT2D eigenvalue weighted by atomic mass is 16.2. The number of amides is 2. The third-order valence-corrected chi connectivity index (χ3v) is 5.22. The van der Waals surface area contributed by atoms with Crippen LogP contribution in [0, 0.1) is 17.8 Å². The molecule has 1 aliphatic heterocycles. The summed E-state index contributed by atoms with van der Waals surface area (Å²) in [4.78, 5) is 28.3. The molecule has 2 saturated carbocycles. The molecule has 2 amide bonds. The highest BCUT2D eigenvalue weighted by Crippen LogP contribution is 2.54. The Morgan fingerprint density at radius 2 is 1.71 bits per heavy atom. The first-order valence-corrected chi connectivity index (χ1v) is 8.45. The minimum Gasteiger partial charge on any atom is -0.355 e. The number of hydrogen-bond donors (Lipinski definition) is 1. The van der Waals surface area contributed by atoms with E-state index in [0.29, 0.717) is 18.4 Å². The molecule has 0 bridgehead atoms. The van der Waals surface area contributed by atoms with Gasteiger partial charge in [-0.15, -0.1) is 0 Å². The minimum atomic E-state index is 0.104. The lowest BCUT2D eigenvalue weighted by Crippen LogP contribution is -2.52. The van der Waals surface area contributed by atoms with Crippen molar-refractivity contribution in [1.82, 2.24) is 15.1 Å². The van der Waals surface area contributed by atoms with Crippen LogP contribution >= 0.6 is 0 Å². The van der Waals surface area contributed by atoms with E-state index in [4.69, 9.17) is 0 Å². The maximum atomic E-state index is 12.5. The van der Waals surface area contributed by atoms with Gasteiger partial charge in [-0.05, 0) is 37.5 Å². The van der Waals surface area contributed by atoms with Crippen molar-refractivity contribution in [2.45, 2.75) is 32.6 Å². The van der Waals surface area contributed by atoms with Gasteiger partial charge >= 0.3 is 0 Å². The first kappa shape index (κ1) is 14.8. The van der Waals surface area contributed by atoms with Gasteiger partial charge in [0.25, 0.3) is 0 Å². The molecule has 3 fully saturated rings. The second-order valence-electron chi connectivity index (χ2n) is 6.88. The predicted molar refractivity (Wildman–Crippen MR) is 80.6 cm³/mol. The van der Waals surface area contributed by atoms with Crippen LogP contribution < -0.4 is 5.32 Å². The fraction of sp³-hybridized carbons (Fsp3) is 0.875. The molecule has 0 radical (unpaired) electrons. The third-order valence-electron chi connectivity index (χ3n) is 5.22. The van der Waals surface area contributed by atoms with Gasteiger partial charge in [0, 0.05) is 38.6 Å². The van der Waals surface area contributed by atoms with Crippen LogP contribution in [0.1, 0.15) is 32.6 Å². The van der Waals surface area contributed by atoms with E-state index in [2.05, 4.69) is 17.1 Å². The van der Waals surface area contributed by atoms with Crippen molar-refractivity contribution < 1.29 is 9.59 Å². The Balaban J connectivity index is 1.38. The van der Waals surface area contributed by atoms with Gasteiger partial charge in [0.1, 0.15) is 0 Å². The Morgan fingerprint density at radius 1 is 1.05 bits per heavy atom. The third kappa shape index (κ3) is 3.57. The van der Waals surface area contributed by atoms with Gasteiger partial charge in [0.2, 0.25) is 11.8 Å². The Kier molecular flexibility index (Phi) is 4.48. The van der Waals surface area contributed by atoms with Crippen LogP contribution in [0.15, 0.2) is 0 Å². The Hall–Kier alpha value is -1.10. The largest absolute Gasteiger partial charge is 0.355 e. The van der Waals surface area contributed by atoms with E-state index >= 15 is 0 Å². The van der Waals surface area contributed by atoms with Crippen LogP contribution in [-0.4, -0.2) is 60.9 Å². The highest BCUT2D eigenvalue weighted by molar-refractivity contribution is 5.80. The lowest BCUT2D eigenvalue weighted by Gasteiger charge is -2.35. The van der Waals surface area contributed by atoms with Gasteiger partial charge in [-0.3, -0.25) is 14.5 Å². The van der Waals surface area contributed by atoms with Gasteiger partial charge in [-0.2, -0.15) is 0 Å². The zero-order valence-electron chi connectivity index (χ0n) is 13.0. The lowest BCUT2D eigenvalue weighted by atomic mass is 10.0. The van der Waals surface area contributed by atoms with Gasteiger partial charge in [0.05, 0.1) is 6.54 Å². The summed E-state index contributed by atoms with van der Waals surface area (Å²) in [7, 11) is 0. The van der Waals surface area contributed by atoms with Crippen molar-refractivity contribution in [3.8, 4) is 0 Å². The summed E-state index contributed by atoms with van der Waals surface area (Å²) in [6.07, 6.45) is 4.59. The highest BCUT2D eigenvalue weighted by Gasteiger charge is 2.48. The summed E-state index contributed by atoms with van der Waals surface area (Å²) in [6.45, 7) is 6.49. The Labute approximate surface area is 127 Å². The van der Waals surface area contributed by atoms with Gasteiger partial charge in [-0.25, -0.2) is 0 Å². The second-order valence-corrected chi connectivity index (χ2v) is 6.88. The number of carbonyl (C=O) groups excluding carboxylic acids is 2. The zero-order valence-corrected chi connectivity index (χ0v) is 13.0. The molecular formula is C16H27N3O2. The van der Waals surface area contributed by atoms with Crippen LogP contribution in [0.2, 0.25) is 0 Å². The molecule has 5 nitrogen and oxygen atoms in total. The molecule has 21 heavy (non-hydrogen) atoms. The average molecular weight is 293 g/mol. The van der Waals surface area contributed by atoms with Crippen molar-refractivity contribution in [3.63, 3.8) is 0 Å². The number of hydrogen-bond acceptors (Lipinski definition) is 3. The van der Waals surface area contributed by atoms with E-state index in [1.165, 1.54) is 6.42 Å². The summed E-state index contributed by atoms with van der Waals surface area (Å²) < 4.78 is 0. The molecule has 3 rings (SSSR count). The fourth-order valence-corrected chi connectivity index (χ4v) is 3.82. The summed E-state index contributed by atoms with van der Waals surface area (Å²) in [6, 6.07) is 0. The summed E-state index contributed by atoms with van der Waals surface area (Å²) in [5, 5.41) is 2.91. The van der Waals surface area contributed by atoms with Crippen LogP contribution in [0.5, 0.6) is 0 Å². The van der Waals surface area contributed by atoms with Gasteiger partial charge in [-0.1, -0.05) is 6.92 Å². The summed E-state index contributed by atoms with van der Waals surface area (Å²) in [5.41, 5.74) is 0. The molecule has 0 spiro atoms. The van der Waals surface area contributed by atoms with Crippen molar-refractivity contribution >= 4 is 11.8 Å². The number of fused-ring (bicyclic) bond motifs is 1. The fourth-order valence-electron chi connectivity index (χ4n) is 3.82. The molecule has 2 unspecified atom stereocenters. The lowest BCUT2D eigenvalue weighted by molar-refractivity contribution is -0.137. The van der Waals surface area contributed by atoms with Crippen LogP contribution in [0.3, 0.4) is 0 Å². The topological polar surface area (TPSA) is 52.7 Å². The first-order chi connectivity index (χ1) is 10.2. The number of piperazine rings is 1. The molecule has 0 aromatic carbocycles. The quantitative estimate of drug-likeness (QED) is 0.812. The second kappa shape index (κ2) is 6.34. The monoisotopic (exact) mass is 293 g/mol. The molecule has 3 aliphatic rings. The molecule has 1 saturated heterocycles. The maximum Gasteiger partial charge on any atom is 0.234 e. The molecule has 2 atom stereocenters. The molecular weight excluding hydrogens is 266 g/mol. The normalized spacial score (nSPS) is 31.9. The van der Waals surface area contributed by atoms with E-state index in [1.807, 2.05) is 4.90 Å². The first-order valence-electron chi connectivity index (χ1n) is 8.45. The van der Waals surface area contributed by atoms with Gasteiger partial charge in [0.15, 0.2) is 0 Å².